The maximum absolute atomic E-state index is 12.3. The number of amides is 2. The Morgan fingerprint density at radius 3 is 2.12 bits per heavy atom. The molecule has 0 spiro atoms. The molecule has 0 unspecified atom stereocenters. The van der Waals surface area contributed by atoms with Gasteiger partial charge in [-0.2, -0.15) is 0 Å². The maximum Gasteiger partial charge on any atom is 0.305 e. The Kier molecular flexibility index (Phi) is 3.89. The molecule has 0 fully saturated rings. The van der Waals surface area contributed by atoms with Gasteiger partial charge in [-0.3, -0.25) is 20.4 Å². The number of aryl methyl sites for hydroxylation is 3. The lowest BCUT2D eigenvalue weighted by atomic mass is 10.1. The zero-order valence-corrected chi connectivity index (χ0v) is 13.9. The van der Waals surface area contributed by atoms with Crippen LogP contribution in [0.15, 0.2) is 33.1 Å². The number of nitrogens with one attached hydrogen (secondary N) is 2. The number of hydrogen-bond acceptors (Lipinski definition) is 4. The first kappa shape index (κ1) is 15.9. The number of furan rings is 2. The van der Waals surface area contributed by atoms with Crippen LogP contribution < -0.4 is 10.9 Å². The molecule has 0 atom stereocenters. The van der Waals surface area contributed by atoms with Crippen molar-refractivity contribution in [3.63, 3.8) is 0 Å². The molecule has 0 aliphatic carbocycles. The zero-order chi connectivity index (χ0) is 17.4. The Balaban J connectivity index is 1.77. The molecule has 3 rings (SSSR count). The normalized spacial score (nSPS) is 10.8. The lowest BCUT2D eigenvalue weighted by molar-refractivity contribution is 0.0830. The third-order valence-electron chi connectivity index (χ3n) is 4.13. The predicted octanol–water partition coefficient (Wildman–Crippen LogP) is 3.33. The van der Waals surface area contributed by atoms with Crippen LogP contribution in [0.1, 0.15) is 43.6 Å². The van der Waals surface area contributed by atoms with Crippen molar-refractivity contribution in [1.29, 1.82) is 0 Å². The fraction of sp³-hybridized carbons (Fsp3) is 0.222. The molecule has 0 saturated heterocycles. The molecule has 6 heteroatoms. The first-order valence-electron chi connectivity index (χ1n) is 7.55. The summed E-state index contributed by atoms with van der Waals surface area (Å²) >= 11 is 0. The molecule has 2 heterocycles. The Morgan fingerprint density at radius 2 is 1.50 bits per heavy atom. The van der Waals surface area contributed by atoms with E-state index in [0.29, 0.717) is 22.7 Å². The Bertz CT molecular complexity index is 949. The van der Waals surface area contributed by atoms with Crippen LogP contribution in [0.3, 0.4) is 0 Å². The largest absolute Gasteiger partial charge is 0.466 e. The van der Waals surface area contributed by atoms with Crippen molar-refractivity contribution < 1.29 is 18.4 Å². The van der Waals surface area contributed by atoms with Crippen molar-refractivity contribution in [3.05, 3.63) is 58.2 Å². The molecule has 0 aliphatic rings. The number of benzene rings is 1. The van der Waals surface area contributed by atoms with E-state index in [1.807, 2.05) is 18.2 Å². The summed E-state index contributed by atoms with van der Waals surface area (Å²) in [5.41, 5.74) is 7.32. The van der Waals surface area contributed by atoms with Gasteiger partial charge in [0.05, 0.1) is 5.56 Å². The Hall–Kier alpha value is -3.02. The van der Waals surface area contributed by atoms with Crippen LogP contribution in [0.5, 0.6) is 0 Å². The summed E-state index contributed by atoms with van der Waals surface area (Å²) < 4.78 is 11.0. The fourth-order valence-electron chi connectivity index (χ4n) is 2.75. The maximum atomic E-state index is 12.3. The number of hydrogen-bond donors (Lipinski definition) is 2. The van der Waals surface area contributed by atoms with Gasteiger partial charge in [-0.25, -0.2) is 0 Å². The van der Waals surface area contributed by atoms with Gasteiger partial charge < -0.3 is 8.83 Å². The standard InChI is InChI=1S/C18H18N2O4/c1-9-11(3)23-12(4)15(9)17(21)19-20-18(22)16-10(2)13-7-5-6-8-14(13)24-16/h5-8H,1-4H3,(H,19,21)(H,20,22). The second-order valence-corrected chi connectivity index (χ2v) is 5.68. The third-order valence-corrected chi connectivity index (χ3v) is 4.13. The van der Waals surface area contributed by atoms with Crippen LogP contribution >= 0.6 is 0 Å². The van der Waals surface area contributed by atoms with Gasteiger partial charge in [0.25, 0.3) is 5.91 Å². The summed E-state index contributed by atoms with van der Waals surface area (Å²) in [4.78, 5) is 24.6. The predicted molar refractivity (Wildman–Crippen MR) is 88.8 cm³/mol. The number of fused-ring (bicyclic) bond motifs is 1. The van der Waals surface area contributed by atoms with Gasteiger partial charge >= 0.3 is 5.91 Å². The Labute approximate surface area is 138 Å². The molecule has 2 N–H and O–H groups in total. The van der Waals surface area contributed by atoms with E-state index < -0.39 is 11.8 Å². The van der Waals surface area contributed by atoms with Crippen molar-refractivity contribution in [2.75, 3.05) is 0 Å². The lowest BCUT2D eigenvalue weighted by Gasteiger charge is -2.06. The zero-order valence-electron chi connectivity index (χ0n) is 13.9. The second-order valence-electron chi connectivity index (χ2n) is 5.68. The van der Waals surface area contributed by atoms with Gasteiger partial charge in [-0.15, -0.1) is 0 Å². The highest BCUT2D eigenvalue weighted by molar-refractivity contribution is 6.02. The Morgan fingerprint density at radius 1 is 0.833 bits per heavy atom. The molecule has 2 aromatic heterocycles. The van der Waals surface area contributed by atoms with Crippen LogP contribution in [0, 0.1) is 27.7 Å². The first-order valence-corrected chi connectivity index (χ1v) is 7.55. The van der Waals surface area contributed by atoms with Crippen molar-refractivity contribution in [1.82, 2.24) is 10.9 Å². The van der Waals surface area contributed by atoms with E-state index in [1.54, 1.807) is 33.8 Å². The van der Waals surface area contributed by atoms with Crippen LogP contribution in [0.2, 0.25) is 0 Å². The van der Waals surface area contributed by atoms with Gasteiger partial charge in [0.15, 0.2) is 5.76 Å². The fourth-order valence-corrected chi connectivity index (χ4v) is 2.75. The van der Waals surface area contributed by atoms with Crippen LogP contribution in [0.25, 0.3) is 11.0 Å². The summed E-state index contributed by atoms with van der Waals surface area (Å²) in [6.45, 7) is 7.10. The van der Waals surface area contributed by atoms with Gasteiger partial charge in [-0.05, 0) is 33.8 Å². The molecule has 0 saturated carbocycles. The van der Waals surface area contributed by atoms with E-state index >= 15 is 0 Å². The minimum atomic E-state index is -0.507. The van der Waals surface area contributed by atoms with E-state index in [4.69, 9.17) is 8.83 Å². The van der Waals surface area contributed by atoms with Gasteiger partial charge in [0.1, 0.15) is 17.1 Å². The van der Waals surface area contributed by atoms with E-state index in [2.05, 4.69) is 10.9 Å². The molecule has 0 aliphatic heterocycles. The molecular formula is C18H18N2O4. The average molecular weight is 326 g/mol. The molecular weight excluding hydrogens is 308 g/mol. The smallest absolute Gasteiger partial charge is 0.305 e. The highest BCUT2D eigenvalue weighted by atomic mass is 16.3. The highest BCUT2D eigenvalue weighted by Gasteiger charge is 2.21. The lowest BCUT2D eigenvalue weighted by Crippen LogP contribution is -2.42. The average Bonchev–Trinajstić information content (AvgIpc) is 3.02. The summed E-state index contributed by atoms with van der Waals surface area (Å²) in [5.74, 6) is 0.429. The van der Waals surface area contributed by atoms with E-state index in [0.717, 1.165) is 16.5 Å². The van der Waals surface area contributed by atoms with Gasteiger partial charge in [0, 0.05) is 16.5 Å². The van der Waals surface area contributed by atoms with Crippen molar-refractivity contribution in [3.8, 4) is 0 Å². The summed E-state index contributed by atoms with van der Waals surface area (Å²) in [5, 5.41) is 0.867. The molecule has 1 aromatic carbocycles. The van der Waals surface area contributed by atoms with Gasteiger partial charge in [-0.1, -0.05) is 18.2 Å². The topological polar surface area (TPSA) is 84.5 Å². The number of carbonyl (C=O) groups excluding carboxylic acids is 2. The van der Waals surface area contributed by atoms with Crippen LogP contribution in [-0.4, -0.2) is 11.8 Å². The second kappa shape index (κ2) is 5.88. The highest BCUT2D eigenvalue weighted by Crippen LogP contribution is 2.24. The first-order chi connectivity index (χ1) is 11.4. The number of hydrazine groups is 1. The number of para-hydroxylation sites is 1. The molecule has 6 nitrogen and oxygen atoms in total. The number of carbonyl (C=O) groups is 2. The molecule has 2 amide bonds. The molecule has 0 bridgehead atoms. The SMILES string of the molecule is Cc1oc(C)c(C(=O)NNC(=O)c2oc3ccccc3c2C)c1C. The van der Waals surface area contributed by atoms with Crippen molar-refractivity contribution in [2.45, 2.75) is 27.7 Å². The quantitative estimate of drug-likeness (QED) is 0.707. The van der Waals surface area contributed by atoms with Gasteiger partial charge in [0.2, 0.25) is 0 Å². The van der Waals surface area contributed by atoms with Crippen molar-refractivity contribution in [2.24, 2.45) is 0 Å². The number of rotatable bonds is 2. The minimum absolute atomic E-state index is 0.174. The molecule has 24 heavy (non-hydrogen) atoms. The molecule has 124 valence electrons. The summed E-state index contributed by atoms with van der Waals surface area (Å²) in [7, 11) is 0. The minimum Gasteiger partial charge on any atom is -0.466 e. The molecule has 0 radical (unpaired) electrons. The summed E-state index contributed by atoms with van der Waals surface area (Å²) in [6, 6.07) is 7.38. The van der Waals surface area contributed by atoms with E-state index in [1.165, 1.54) is 0 Å². The van der Waals surface area contributed by atoms with Crippen LogP contribution in [-0.2, 0) is 0 Å². The van der Waals surface area contributed by atoms with Crippen LogP contribution in [0.4, 0.5) is 0 Å². The van der Waals surface area contributed by atoms with E-state index in [-0.39, 0.29) is 5.76 Å². The van der Waals surface area contributed by atoms with Crippen molar-refractivity contribution >= 4 is 22.8 Å². The molecule has 3 aromatic rings. The summed E-state index contributed by atoms with van der Waals surface area (Å²) in [6.07, 6.45) is 0. The third kappa shape index (κ3) is 2.56. The monoisotopic (exact) mass is 326 g/mol. The van der Waals surface area contributed by atoms with E-state index in [9.17, 15) is 9.59 Å².